The van der Waals surface area contributed by atoms with Crippen LogP contribution >= 0.6 is 0 Å². The quantitative estimate of drug-likeness (QED) is 0.725. The zero-order chi connectivity index (χ0) is 10.8. The molecule has 2 N–H and O–H groups in total. The first kappa shape index (κ1) is 11.9. The van der Waals surface area contributed by atoms with Gasteiger partial charge in [0.05, 0.1) is 12.4 Å². The molecule has 1 rings (SSSR count). The number of aliphatic hydroxyl groups excluding tert-OH is 1. The monoisotopic (exact) mass is 221 g/mol. The zero-order valence-corrected chi connectivity index (χ0v) is 9.60. The third-order valence-corrected chi connectivity index (χ3v) is 4.09. The Labute approximate surface area is 85.8 Å². The molecule has 1 fully saturated rings. The van der Waals surface area contributed by atoms with E-state index in [2.05, 4.69) is 18.6 Å². The molecule has 4 nitrogen and oxygen atoms in total. The highest BCUT2D eigenvalue weighted by Crippen LogP contribution is 2.37. The van der Waals surface area contributed by atoms with Crippen LogP contribution in [0.3, 0.4) is 0 Å². The van der Waals surface area contributed by atoms with Gasteiger partial charge in [-0.2, -0.15) is 0 Å². The molecule has 0 aromatic heterocycles. The van der Waals surface area contributed by atoms with Crippen molar-refractivity contribution in [1.29, 1.82) is 0 Å². The molecule has 1 unspecified atom stereocenters. The zero-order valence-electron chi connectivity index (χ0n) is 8.78. The number of nitrogens with one attached hydrogen (secondary N) is 1. The van der Waals surface area contributed by atoms with Crippen molar-refractivity contribution in [2.24, 2.45) is 5.41 Å². The van der Waals surface area contributed by atoms with Crippen molar-refractivity contribution in [1.82, 2.24) is 4.72 Å². The number of hydrogen-bond acceptors (Lipinski definition) is 3. The number of aliphatic hydroxyl groups is 1. The van der Waals surface area contributed by atoms with E-state index in [4.69, 9.17) is 5.11 Å². The highest BCUT2D eigenvalue weighted by Gasteiger charge is 2.32. The van der Waals surface area contributed by atoms with Gasteiger partial charge in [0.1, 0.15) is 0 Å². The molecule has 1 saturated carbocycles. The van der Waals surface area contributed by atoms with Gasteiger partial charge < -0.3 is 5.11 Å². The number of rotatable bonds is 4. The Morgan fingerprint density at radius 2 is 2.14 bits per heavy atom. The lowest BCUT2D eigenvalue weighted by atomic mass is 9.92. The first-order valence-electron chi connectivity index (χ1n) is 4.95. The lowest BCUT2D eigenvalue weighted by Crippen LogP contribution is -2.36. The Hall–Kier alpha value is -0.130. The second kappa shape index (κ2) is 4.16. The second-order valence-corrected chi connectivity index (χ2v) is 6.64. The van der Waals surface area contributed by atoms with Crippen molar-refractivity contribution in [3.8, 4) is 0 Å². The normalized spacial score (nSPS) is 26.6. The highest BCUT2D eigenvalue weighted by atomic mass is 32.2. The summed E-state index contributed by atoms with van der Waals surface area (Å²) in [5.74, 6) is -0.191. The van der Waals surface area contributed by atoms with Crippen molar-refractivity contribution < 1.29 is 13.5 Å². The fourth-order valence-electron chi connectivity index (χ4n) is 1.97. The summed E-state index contributed by atoms with van der Waals surface area (Å²) in [5, 5.41) is 8.56. The summed E-state index contributed by atoms with van der Waals surface area (Å²) in [6, 6.07) is 0.0570. The SMILES string of the molecule is CC1(C)CCC(NS(=O)(=O)CCO)C1. The predicted molar refractivity (Wildman–Crippen MR) is 55.4 cm³/mol. The topological polar surface area (TPSA) is 66.4 Å². The second-order valence-electron chi connectivity index (χ2n) is 4.76. The summed E-state index contributed by atoms with van der Waals surface area (Å²) in [4.78, 5) is 0. The molecular formula is C9H19NO3S. The molecule has 0 aromatic rings. The maximum atomic E-state index is 11.3. The van der Waals surface area contributed by atoms with E-state index < -0.39 is 10.0 Å². The molecule has 0 heterocycles. The van der Waals surface area contributed by atoms with Crippen LogP contribution in [0.1, 0.15) is 33.1 Å². The summed E-state index contributed by atoms with van der Waals surface area (Å²) in [6.07, 6.45) is 2.84. The third-order valence-electron chi connectivity index (χ3n) is 2.67. The van der Waals surface area contributed by atoms with E-state index >= 15 is 0 Å². The van der Waals surface area contributed by atoms with Gasteiger partial charge >= 0.3 is 0 Å². The van der Waals surface area contributed by atoms with Gasteiger partial charge in [0.15, 0.2) is 0 Å². The van der Waals surface area contributed by atoms with E-state index in [0.717, 1.165) is 19.3 Å². The molecule has 1 aliphatic carbocycles. The Kier molecular flexibility index (Phi) is 3.55. The maximum absolute atomic E-state index is 11.3. The molecule has 0 radical (unpaired) electrons. The molecule has 1 atom stereocenters. The van der Waals surface area contributed by atoms with Crippen LogP contribution in [0.25, 0.3) is 0 Å². The van der Waals surface area contributed by atoms with Gasteiger partial charge in [0.2, 0.25) is 10.0 Å². The highest BCUT2D eigenvalue weighted by molar-refractivity contribution is 7.89. The molecule has 0 amide bonds. The lowest BCUT2D eigenvalue weighted by Gasteiger charge is -2.17. The summed E-state index contributed by atoms with van der Waals surface area (Å²) in [6.45, 7) is 3.98. The van der Waals surface area contributed by atoms with E-state index in [0.29, 0.717) is 0 Å². The largest absolute Gasteiger partial charge is 0.395 e. The minimum absolute atomic E-state index is 0.0570. The van der Waals surface area contributed by atoms with E-state index in [1.54, 1.807) is 0 Å². The van der Waals surface area contributed by atoms with Crippen molar-refractivity contribution >= 4 is 10.0 Å². The minimum Gasteiger partial charge on any atom is -0.395 e. The molecule has 14 heavy (non-hydrogen) atoms. The standard InChI is InChI=1S/C9H19NO3S/c1-9(2)4-3-8(7-9)10-14(12,13)6-5-11/h8,10-11H,3-7H2,1-2H3. The van der Waals surface area contributed by atoms with Gasteiger partial charge in [0, 0.05) is 6.04 Å². The number of sulfonamides is 1. The van der Waals surface area contributed by atoms with Gasteiger partial charge in [-0.3, -0.25) is 0 Å². The fraction of sp³-hybridized carbons (Fsp3) is 1.00. The molecular weight excluding hydrogens is 202 g/mol. The fourth-order valence-corrected chi connectivity index (χ4v) is 3.04. The van der Waals surface area contributed by atoms with Crippen LogP contribution in [0.4, 0.5) is 0 Å². The van der Waals surface area contributed by atoms with E-state index in [9.17, 15) is 8.42 Å². The maximum Gasteiger partial charge on any atom is 0.214 e. The average Bonchev–Trinajstić information content (AvgIpc) is 2.28. The Balaban J connectivity index is 2.47. The Bertz CT molecular complexity index is 284. The molecule has 5 heteroatoms. The molecule has 0 saturated heterocycles. The molecule has 1 aliphatic rings. The van der Waals surface area contributed by atoms with Crippen molar-refractivity contribution in [2.75, 3.05) is 12.4 Å². The van der Waals surface area contributed by atoms with Crippen LogP contribution in [0, 0.1) is 5.41 Å². The van der Waals surface area contributed by atoms with Crippen LogP contribution in [-0.4, -0.2) is 31.9 Å². The van der Waals surface area contributed by atoms with E-state index in [1.807, 2.05) is 0 Å². The van der Waals surface area contributed by atoms with Crippen molar-refractivity contribution in [3.05, 3.63) is 0 Å². The van der Waals surface area contributed by atoms with Crippen LogP contribution in [0.15, 0.2) is 0 Å². The van der Waals surface area contributed by atoms with Crippen LogP contribution < -0.4 is 4.72 Å². The summed E-state index contributed by atoms with van der Waals surface area (Å²) >= 11 is 0. The van der Waals surface area contributed by atoms with E-state index in [-0.39, 0.29) is 23.8 Å². The smallest absolute Gasteiger partial charge is 0.214 e. The van der Waals surface area contributed by atoms with Crippen LogP contribution in [0.2, 0.25) is 0 Å². The minimum atomic E-state index is -3.27. The Morgan fingerprint density at radius 3 is 2.57 bits per heavy atom. The third kappa shape index (κ3) is 3.55. The molecule has 84 valence electrons. The predicted octanol–water partition coefficient (Wildman–Crippen LogP) is 0.477. The van der Waals surface area contributed by atoms with Gasteiger partial charge in [0.25, 0.3) is 0 Å². The average molecular weight is 221 g/mol. The Morgan fingerprint density at radius 1 is 1.50 bits per heavy atom. The van der Waals surface area contributed by atoms with Gasteiger partial charge in [-0.25, -0.2) is 13.1 Å². The molecule has 0 spiro atoms. The van der Waals surface area contributed by atoms with E-state index in [1.165, 1.54) is 0 Å². The first-order chi connectivity index (χ1) is 6.35. The number of hydrogen-bond donors (Lipinski definition) is 2. The summed E-state index contributed by atoms with van der Waals surface area (Å²) in [5.41, 5.74) is 0.242. The van der Waals surface area contributed by atoms with Crippen molar-refractivity contribution in [3.63, 3.8) is 0 Å². The molecule has 0 aliphatic heterocycles. The summed E-state index contributed by atoms with van der Waals surface area (Å²) < 4.78 is 25.3. The van der Waals surface area contributed by atoms with Crippen molar-refractivity contribution in [2.45, 2.75) is 39.2 Å². The molecule has 0 aromatic carbocycles. The van der Waals surface area contributed by atoms with Gasteiger partial charge in [-0.1, -0.05) is 13.8 Å². The van der Waals surface area contributed by atoms with Gasteiger partial charge in [-0.15, -0.1) is 0 Å². The van der Waals surface area contributed by atoms with Gasteiger partial charge in [-0.05, 0) is 24.7 Å². The first-order valence-corrected chi connectivity index (χ1v) is 6.61. The van der Waals surface area contributed by atoms with Crippen LogP contribution in [0.5, 0.6) is 0 Å². The molecule has 0 bridgehead atoms. The lowest BCUT2D eigenvalue weighted by molar-refractivity contribution is 0.318. The summed E-state index contributed by atoms with van der Waals surface area (Å²) in [7, 11) is -3.27. The van der Waals surface area contributed by atoms with Crippen LogP contribution in [-0.2, 0) is 10.0 Å².